The summed E-state index contributed by atoms with van der Waals surface area (Å²) in [7, 11) is 7.99. The minimum Gasteiger partial charge on any atom is -0.370 e. The Kier molecular flexibility index (Phi) is 6.29. The first kappa shape index (κ1) is 22.5. The Hall–Kier alpha value is -3.32. The maximum atomic E-state index is 12.9. The monoisotopic (exact) mass is 469 g/mol. The lowest BCUT2D eigenvalue weighted by Gasteiger charge is -2.21. The second kappa shape index (κ2) is 9.51. The first-order valence-corrected chi connectivity index (χ1v) is 11.8. The highest BCUT2D eigenvalue weighted by Gasteiger charge is 2.28. The van der Waals surface area contributed by atoms with Gasteiger partial charge in [0, 0.05) is 48.9 Å². The lowest BCUT2D eigenvalue weighted by molar-refractivity contribution is -0.133. The number of anilines is 1. The van der Waals surface area contributed by atoms with Crippen molar-refractivity contribution < 1.29 is 4.79 Å². The van der Waals surface area contributed by atoms with E-state index in [0.717, 1.165) is 36.3 Å². The largest absolute Gasteiger partial charge is 0.370 e. The van der Waals surface area contributed by atoms with Crippen molar-refractivity contribution in [3.05, 3.63) is 76.9 Å². The van der Waals surface area contributed by atoms with Crippen LogP contribution < -0.4 is 10.8 Å². The number of halogens is 1. The number of amides is 1. The van der Waals surface area contributed by atoms with Gasteiger partial charge in [-0.3, -0.25) is 4.79 Å². The summed E-state index contributed by atoms with van der Waals surface area (Å²) in [6.45, 7) is 1.34. The number of nitrogens with zero attached hydrogens (tertiary/aromatic N) is 4. The average Bonchev–Trinajstić information content (AvgIpc) is 3.45. The molecule has 1 amide bonds. The molecule has 1 aliphatic rings. The Morgan fingerprint density at radius 1 is 1.18 bits per heavy atom. The fourth-order valence-electron chi connectivity index (χ4n) is 4.60. The van der Waals surface area contributed by atoms with E-state index in [0.29, 0.717) is 29.2 Å². The number of carbonyl (C=O) groups excluding carboxylic acids is 1. The van der Waals surface area contributed by atoms with E-state index < -0.39 is 0 Å². The maximum absolute atomic E-state index is 12.9. The number of carbonyl (C=O) groups is 1. The predicted molar refractivity (Wildman–Crippen MR) is 137 cm³/mol. The quantitative estimate of drug-likeness (QED) is 0.332. The van der Waals surface area contributed by atoms with Crippen LogP contribution in [-0.2, 0) is 17.6 Å². The summed E-state index contributed by atoms with van der Waals surface area (Å²) >= 11 is 6.40. The van der Waals surface area contributed by atoms with Crippen molar-refractivity contribution in [2.75, 3.05) is 25.5 Å². The van der Waals surface area contributed by atoms with E-state index in [9.17, 15) is 4.79 Å². The van der Waals surface area contributed by atoms with Crippen LogP contribution in [-0.4, -0.2) is 53.4 Å². The molecule has 0 bridgehead atoms. The van der Waals surface area contributed by atoms with Gasteiger partial charge >= 0.3 is 0 Å². The first-order valence-electron chi connectivity index (χ1n) is 11.5. The van der Waals surface area contributed by atoms with Gasteiger partial charge in [0.2, 0.25) is 5.91 Å². The molecule has 8 heteroatoms. The average molecular weight is 470 g/mol. The lowest BCUT2D eigenvalue weighted by Crippen LogP contribution is -2.34. The molecule has 6 nitrogen and oxygen atoms in total. The molecule has 2 aromatic heterocycles. The lowest BCUT2D eigenvalue weighted by atomic mass is 10.0. The van der Waals surface area contributed by atoms with Crippen LogP contribution >= 0.6 is 11.6 Å². The molecule has 0 fully saturated rings. The van der Waals surface area contributed by atoms with Crippen LogP contribution in [0.1, 0.15) is 17.5 Å². The van der Waals surface area contributed by atoms with E-state index in [2.05, 4.69) is 27.5 Å². The fraction of sp³-hybridized carbons (Fsp3) is 0.269. The molecular formula is C26H25BClN5O. The summed E-state index contributed by atoms with van der Waals surface area (Å²) in [6, 6.07) is 17.8. The van der Waals surface area contributed by atoms with Gasteiger partial charge in [-0.2, -0.15) is 9.61 Å². The molecule has 0 atom stereocenters. The normalized spacial score (nSPS) is 13.2. The van der Waals surface area contributed by atoms with Crippen molar-refractivity contribution in [1.29, 1.82) is 0 Å². The minimum absolute atomic E-state index is 0.0420. The molecular weight excluding hydrogens is 445 g/mol. The van der Waals surface area contributed by atoms with Gasteiger partial charge in [-0.25, -0.2) is 4.98 Å². The zero-order valence-corrected chi connectivity index (χ0v) is 19.8. The highest BCUT2D eigenvalue weighted by Crippen LogP contribution is 2.29. The topological polar surface area (TPSA) is 62.5 Å². The Labute approximate surface area is 205 Å². The van der Waals surface area contributed by atoms with E-state index in [4.69, 9.17) is 19.4 Å². The van der Waals surface area contributed by atoms with Crippen LogP contribution in [0.4, 0.5) is 5.82 Å². The number of hydrogen-bond acceptors (Lipinski definition) is 4. The smallest absolute Gasteiger partial charge is 0.226 e. The van der Waals surface area contributed by atoms with Gasteiger partial charge < -0.3 is 10.2 Å². The summed E-state index contributed by atoms with van der Waals surface area (Å²) in [5.74, 6) is 1.03. The summed E-state index contributed by atoms with van der Waals surface area (Å²) in [5, 5.41) is 8.41. The molecule has 2 aromatic carbocycles. The molecule has 0 saturated carbocycles. The number of benzene rings is 2. The van der Waals surface area contributed by atoms with Crippen molar-refractivity contribution in [3.63, 3.8) is 0 Å². The van der Waals surface area contributed by atoms with E-state index in [1.807, 2.05) is 54.4 Å². The Balaban J connectivity index is 1.23. The highest BCUT2D eigenvalue weighted by molar-refractivity contribution is 6.36. The summed E-state index contributed by atoms with van der Waals surface area (Å²) < 4.78 is 1.69. The van der Waals surface area contributed by atoms with Gasteiger partial charge in [-0.15, -0.1) is 0 Å². The SMILES string of the molecule is [B]c1cnn2c(NCCCN(C)C(=O)C3Cc4ccccc4C3)cc(-c3ccccc3Cl)nc12. The number of aromatic nitrogens is 3. The molecule has 4 aromatic rings. The van der Waals surface area contributed by atoms with Gasteiger partial charge in [0.15, 0.2) is 5.65 Å². The van der Waals surface area contributed by atoms with E-state index in [1.165, 1.54) is 11.1 Å². The molecule has 0 unspecified atom stereocenters. The third kappa shape index (κ3) is 4.40. The second-order valence-corrected chi connectivity index (χ2v) is 9.16. The van der Waals surface area contributed by atoms with Gasteiger partial charge in [0.05, 0.1) is 5.69 Å². The van der Waals surface area contributed by atoms with Crippen LogP contribution in [0.2, 0.25) is 5.02 Å². The van der Waals surface area contributed by atoms with Gasteiger partial charge in [-0.1, -0.05) is 54.1 Å². The fourth-order valence-corrected chi connectivity index (χ4v) is 4.83. The zero-order chi connectivity index (χ0) is 23.7. The first-order chi connectivity index (χ1) is 16.5. The van der Waals surface area contributed by atoms with Gasteiger partial charge in [0.25, 0.3) is 0 Å². The van der Waals surface area contributed by atoms with E-state index >= 15 is 0 Å². The highest BCUT2D eigenvalue weighted by atomic mass is 35.5. The molecule has 5 rings (SSSR count). The number of hydrogen-bond donors (Lipinski definition) is 1. The molecule has 0 spiro atoms. The molecule has 0 saturated heterocycles. The van der Waals surface area contributed by atoms with Crippen molar-refractivity contribution in [2.45, 2.75) is 19.3 Å². The van der Waals surface area contributed by atoms with Crippen molar-refractivity contribution in [2.24, 2.45) is 5.92 Å². The zero-order valence-electron chi connectivity index (χ0n) is 19.0. The Morgan fingerprint density at radius 3 is 2.62 bits per heavy atom. The number of rotatable bonds is 7. The summed E-state index contributed by atoms with van der Waals surface area (Å²) in [6.07, 6.45) is 4.05. The van der Waals surface area contributed by atoms with Gasteiger partial charge in [0.1, 0.15) is 13.7 Å². The summed E-state index contributed by atoms with van der Waals surface area (Å²) in [4.78, 5) is 19.5. The van der Waals surface area contributed by atoms with Crippen molar-refractivity contribution >= 4 is 42.3 Å². The minimum atomic E-state index is 0.0420. The molecule has 170 valence electrons. The Bertz CT molecular complexity index is 1330. The molecule has 1 N–H and O–H groups in total. The van der Waals surface area contributed by atoms with Crippen LogP contribution in [0.25, 0.3) is 16.9 Å². The van der Waals surface area contributed by atoms with E-state index in [-0.39, 0.29) is 11.8 Å². The third-order valence-electron chi connectivity index (χ3n) is 6.40. The third-order valence-corrected chi connectivity index (χ3v) is 6.73. The molecule has 2 radical (unpaired) electrons. The van der Waals surface area contributed by atoms with Gasteiger partial charge in [-0.05, 0) is 41.9 Å². The Morgan fingerprint density at radius 2 is 1.88 bits per heavy atom. The van der Waals surface area contributed by atoms with Crippen LogP contribution in [0.3, 0.4) is 0 Å². The van der Waals surface area contributed by atoms with Crippen molar-refractivity contribution in [1.82, 2.24) is 19.5 Å². The van der Waals surface area contributed by atoms with Crippen LogP contribution in [0.15, 0.2) is 60.8 Å². The van der Waals surface area contributed by atoms with Crippen LogP contribution in [0.5, 0.6) is 0 Å². The standard InChI is InChI=1S/C26H25BClN5O/c1-32(26(34)19-13-17-7-2-3-8-18(17)14-19)12-6-11-29-24-15-23(20-9-4-5-10-22(20)28)31-25-21(27)16-30-33(24)25/h2-5,7-10,15-16,19,29H,6,11-14H2,1H3. The van der Waals surface area contributed by atoms with E-state index in [1.54, 1.807) is 10.7 Å². The number of fused-ring (bicyclic) bond motifs is 2. The maximum Gasteiger partial charge on any atom is 0.226 e. The number of nitrogens with one attached hydrogen (secondary N) is 1. The molecule has 0 aliphatic heterocycles. The van der Waals surface area contributed by atoms with Crippen LogP contribution in [0, 0.1) is 5.92 Å². The predicted octanol–water partition coefficient (Wildman–Crippen LogP) is 3.52. The molecule has 34 heavy (non-hydrogen) atoms. The molecule has 1 aliphatic carbocycles. The van der Waals surface area contributed by atoms with Crippen molar-refractivity contribution in [3.8, 4) is 11.3 Å². The molecule has 2 heterocycles. The summed E-state index contributed by atoms with van der Waals surface area (Å²) in [5.41, 5.74) is 5.22. The second-order valence-electron chi connectivity index (χ2n) is 8.76.